The number of nitrogens with zero attached hydrogens (tertiary/aromatic N) is 5. The lowest BCUT2D eigenvalue weighted by Gasteiger charge is -2.35. The third kappa shape index (κ3) is 6.16. The van der Waals surface area contributed by atoms with Gasteiger partial charge in [-0.25, -0.2) is 14.8 Å². The number of aliphatic hydroxyl groups excluding tert-OH is 1. The summed E-state index contributed by atoms with van der Waals surface area (Å²) in [5.41, 5.74) is 3.44. The minimum absolute atomic E-state index is 0.0241. The van der Waals surface area contributed by atoms with E-state index in [9.17, 15) is 19.5 Å². The van der Waals surface area contributed by atoms with E-state index in [1.807, 2.05) is 31.2 Å². The number of aromatic nitrogens is 4. The number of hydrogen-bond donors (Lipinski definition) is 2. The number of amides is 2. The first kappa shape index (κ1) is 31.5. The van der Waals surface area contributed by atoms with Crippen molar-refractivity contribution >= 4 is 27.7 Å². The van der Waals surface area contributed by atoms with E-state index >= 15 is 0 Å². The maximum atomic E-state index is 14.2. The van der Waals surface area contributed by atoms with Crippen LogP contribution in [0.2, 0.25) is 0 Å². The molecule has 2 aromatic heterocycles. The fourth-order valence-corrected chi connectivity index (χ4v) is 6.24. The number of hydrogen-bond acceptors (Lipinski definition) is 7. The molecule has 1 unspecified atom stereocenters. The van der Waals surface area contributed by atoms with Gasteiger partial charge in [-0.2, -0.15) is 0 Å². The van der Waals surface area contributed by atoms with Gasteiger partial charge in [-0.3, -0.25) is 18.7 Å². The standard InChI is InChI=1S/C36H33BrN6O5/c1-22-17-23(7-14-30(22)37)35(46)41-20-31-32(34(45)40-18-24-5-2-3-6-29(24)33-38-15-4-16-39-33)43(36(47)42(31)19-26(41)21-44)25-8-10-27(11-9-25)48-28-12-13-28/h2-11,14-17,26,28,44H,12-13,18-21H2,1H3,(H,40,45). The average Bonchev–Trinajstić information content (AvgIpc) is 3.89. The third-order valence-corrected chi connectivity index (χ3v) is 9.57. The van der Waals surface area contributed by atoms with Crippen molar-refractivity contribution in [2.24, 2.45) is 0 Å². The van der Waals surface area contributed by atoms with Crippen molar-refractivity contribution in [2.45, 2.75) is 51.5 Å². The minimum atomic E-state index is -0.675. The van der Waals surface area contributed by atoms with Gasteiger partial charge in [-0.1, -0.05) is 40.2 Å². The highest BCUT2D eigenvalue weighted by molar-refractivity contribution is 9.10. The predicted octanol–water partition coefficient (Wildman–Crippen LogP) is 4.66. The molecular formula is C36H33BrN6O5. The molecule has 7 rings (SSSR count). The predicted molar refractivity (Wildman–Crippen MR) is 182 cm³/mol. The summed E-state index contributed by atoms with van der Waals surface area (Å²) in [4.78, 5) is 52.5. The number of imidazole rings is 1. The number of aliphatic hydroxyl groups is 1. The number of rotatable bonds is 9. The van der Waals surface area contributed by atoms with E-state index in [1.165, 1.54) is 14.0 Å². The van der Waals surface area contributed by atoms with E-state index in [4.69, 9.17) is 4.74 Å². The van der Waals surface area contributed by atoms with Crippen LogP contribution in [-0.2, 0) is 19.6 Å². The average molecular weight is 710 g/mol. The lowest BCUT2D eigenvalue weighted by atomic mass is 10.1. The number of carbonyl (C=O) groups excluding carboxylic acids is 2. The maximum absolute atomic E-state index is 14.2. The highest BCUT2D eigenvalue weighted by Crippen LogP contribution is 2.29. The van der Waals surface area contributed by atoms with Gasteiger partial charge in [-0.05, 0) is 79.4 Å². The summed E-state index contributed by atoms with van der Waals surface area (Å²) in [5, 5.41) is 13.4. The summed E-state index contributed by atoms with van der Waals surface area (Å²) in [7, 11) is 0. The van der Waals surface area contributed by atoms with Crippen molar-refractivity contribution in [2.75, 3.05) is 6.61 Å². The third-order valence-electron chi connectivity index (χ3n) is 8.68. The number of nitrogens with one attached hydrogen (secondary N) is 1. The van der Waals surface area contributed by atoms with Crippen LogP contribution in [0.5, 0.6) is 5.75 Å². The lowest BCUT2D eigenvalue weighted by Crippen LogP contribution is -2.50. The molecule has 0 bridgehead atoms. The minimum Gasteiger partial charge on any atom is -0.490 e. The van der Waals surface area contributed by atoms with Crippen LogP contribution in [0.15, 0.2) is 94.5 Å². The molecule has 2 N–H and O–H groups in total. The fraction of sp³-hybridized carbons (Fsp3) is 0.250. The molecule has 2 amide bonds. The number of fused-ring (bicyclic) bond motifs is 1. The highest BCUT2D eigenvalue weighted by Gasteiger charge is 2.37. The molecule has 3 heterocycles. The van der Waals surface area contributed by atoms with Crippen molar-refractivity contribution < 1.29 is 19.4 Å². The highest BCUT2D eigenvalue weighted by atomic mass is 79.9. The molecule has 0 saturated heterocycles. The van der Waals surface area contributed by atoms with Gasteiger partial charge in [0.1, 0.15) is 11.4 Å². The number of halogens is 1. The van der Waals surface area contributed by atoms with Gasteiger partial charge in [0.05, 0.1) is 43.2 Å². The van der Waals surface area contributed by atoms with Crippen molar-refractivity contribution in [1.29, 1.82) is 0 Å². The van der Waals surface area contributed by atoms with Gasteiger partial charge >= 0.3 is 5.69 Å². The molecule has 48 heavy (non-hydrogen) atoms. The Hall–Kier alpha value is -5.07. The monoisotopic (exact) mass is 708 g/mol. The first-order valence-corrected chi connectivity index (χ1v) is 16.5. The summed E-state index contributed by atoms with van der Waals surface area (Å²) in [5.74, 6) is 0.422. The number of benzene rings is 3. The lowest BCUT2D eigenvalue weighted by molar-refractivity contribution is 0.0469. The molecule has 0 spiro atoms. The molecule has 11 nitrogen and oxygen atoms in total. The number of carbonyl (C=O) groups is 2. The Labute approximate surface area is 285 Å². The van der Waals surface area contributed by atoms with E-state index < -0.39 is 17.6 Å². The van der Waals surface area contributed by atoms with Gasteiger partial charge < -0.3 is 20.1 Å². The van der Waals surface area contributed by atoms with Gasteiger partial charge in [-0.15, -0.1) is 0 Å². The summed E-state index contributed by atoms with van der Waals surface area (Å²) < 4.78 is 9.65. The van der Waals surface area contributed by atoms with E-state index in [0.29, 0.717) is 28.5 Å². The first-order chi connectivity index (χ1) is 23.3. The second kappa shape index (κ2) is 13.2. The van der Waals surface area contributed by atoms with E-state index in [1.54, 1.807) is 60.9 Å². The quantitative estimate of drug-likeness (QED) is 0.228. The zero-order valence-corrected chi connectivity index (χ0v) is 27.8. The van der Waals surface area contributed by atoms with Crippen molar-refractivity contribution in [3.63, 3.8) is 0 Å². The molecule has 12 heteroatoms. The normalized spacial score (nSPS) is 15.6. The molecular weight excluding hydrogens is 676 g/mol. The molecule has 0 radical (unpaired) electrons. The van der Waals surface area contributed by atoms with Crippen LogP contribution in [0.4, 0.5) is 0 Å². The Morgan fingerprint density at radius 3 is 2.48 bits per heavy atom. The van der Waals surface area contributed by atoms with Crippen LogP contribution in [0.1, 0.15) is 50.5 Å². The summed E-state index contributed by atoms with van der Waals surface area (Å²) in [6, 6.07) is 21.0. The zero-order valence-electron chi connectivity index (χ0n) is 26.2. The second-order valence-corrected chi connectivity index (χ2v) is 12.8. The Morgan fingerprint density at radius 2 is 1.77 bits per heavy atom. The van der Waals surface area contributed by atoms with E-state index in [-0.39, 0.29) is 43.9 Å². The topological polar surface area (TPSA) is 132 Å². The molecule has 3 aromatic carbocycles. The van der Waals surface area contributed by atoms with E-state index in [0.717, 1.165) is 34.0 Å². The molecule has 1 atom stereocenters. The second-order valence-electron chi connectivity index (χ2n) is 12.0. The van der Waals surface area contributed by atoms with Crippen LogP contribution in [0.25, 0.3) is 17.1 Å². The summed E-state index contributed by atoms with van der Waals surface area (Å²) in [6.07, 6.45) is 5.55. The van der Waals surface area contributed by atoms with E-state index in [2.05, 4.69) is 31.2 Å². The SMILES string of the molecule is Cc1cc(C(=O)N2Cc3c(C(=O)NCc4ccccc4-c4ncccn4)n(-c4ccc(OC5CC5)cc4)c(=O)n3CC2CO)ccc1Br. The van der Waals surface area contributed by atoms with Crippen molar-refractivity contribution in [1.82, 2.24) is 29.3 Å². The Kier molecular flexibility index (Phi) is 8.67. The molecule has 2 aliphatic rings. The van der Waals surface area contributed by atoms with Crippen LogP contribution in [-0.4, -0.2) is 59.7 Å². The molecule has 1 aliphatic carbocycles. The zero-order chi connectivity index (χ0) is 33.4. The van der Waals surface area contributed by atoms with Gasteiger partial charge in [0.25, 0.3) is 11.8 Å². The Morgan fingerprint density at radius 1 is 1.02 bits per heavy atom. The Bertz CT molecular complexity index is 2060. The Balaban J connectivity index is 1.27. The molecule has 5 aromatic rings. The maximum Gasteiger partial charge on any atom is 0.333 e. The summed E-state index contributed by atoms with van der Waals surface area (Å²) >= 11 is 3.48. The van der Waals surface area contributed by atoms with Crippen LogP contribution < -0.4 is 15.7 Å². The largest absolute Gasteiger partial charge is 0.490 e. The van der Waals surface area contributed by atoms with Crippen molar-refractivity contribution in [3.05, 3.63) is 128 Å². The number of aryl methyl sites for hydroxylation is 1. The molecule has 244 valence electrons. The van der Waals surface area contributed by atoms with Crippen LogP contribution in [0, 0.1) is 6.92 Å². The molecule has 1 fully saturated rings. The summed E-state index contributed by atoms with van der Waals surface area (Å²) in [6.45, 7) is 1.65. The first-order valence-electron chi connectivity index (χ1n) is 15.8. The fourth-order valence-electron chi connectivity index (χ4n) is 5.99. The van der Waals surface area contributed by atoms with Crippen molar-refractivity contribution in [3.8, 4) is 22.8 Å². The molecule has 1 aliphatic heterocycles. The van der Waals surface area contributed by atoms with Gasteiger partial charge in [0.2, 0.25) is 0 Å². The molecule has 1 saturated carbocycles. The van der Waals surface area contributed by atoms with Gasteiger partial charge in [0, 0.05) is 34.5 Å². The van der Waals surface area contributed by atoms with Crippen LogP contribution in [0.3, 0.4) is 0 Å². The van der Waals surface area contributed by atoms with Crippen LogP contribution >= 0.6 is 15.9 Å². The smallest absolute Gasteiger partial charge is 0.333 e. The van der Waals surface area contributed by atoms with Gasteiger partial charge in [0.15, 0.2) is 5.82 Å². The number of ether oxygens (including phenoxy) is 1.